The lowest BCUT2D eigenvalue weighted by Crippen LogP contribution is -2.18. The molecule has 0 bridgehead atoms. The summed E-state index contributed by atoms with van der Waals surface area (Å²) in [4.78, 5) is 21.0. The number of aromatic nitrogens is 2. The van der Waals surface area contributed by atoms with Gasteiger partial charge in [0.05, 0.1) is 29.4 Å². The second-order valence-corrected chi connectivity index (χ2v) is 5.71. The molecule has 2 aromatic rings. The van der Waals surface area contributed by atoms with E-state index in [1.54, 1.807) is 6.20 Å². The zero-order chi connectivity index (χ0) is 16.2. The molecule has 0 spiro atoms. The van der Waals surface area contributed by atoms with Gasteiger partial charge in [0.15, 0.2) is 0 Å². The van der Waals surface area contributed by atoms with E-state index in [0.717, 1.165) is 47.1 Å². The van der Waals surface area contributed by atoms with Crippen LogP contribution in [-0.2, 0) is 16.1 Å². The van der Waals surface area contributed by atoms with E-state index in [1.165, 1.54) is 0 Å². The molecule has 0 aromatic carbocycles. The van der Waals surface area contributed by atoms with Crippen LogP contribution >= 0.6 is 0 Å². The van der Waals surface area contributed by atoms with Gasteiger partial charge in [-0.1, -0.05) is 6.08 Å². The maximum absolute atomic E-state index is 12.0. The van der Waals surface area contributed by atoms with Crippen LogP contribution in [0.5, 0.6) is 0 Å². The molecule has 2 aromatic heterocycles. The molecule has 0 radical (unpaired) electrons. The predicted molar refractivity (Wildman–Crippen MR) is 89.4 cm³/mol. The SMILES string of the molecule is CCOC(=O)C1C=C(c2ccc3cnc(CN)cc3n2)CCC1. The van der Waals surface area contributed by atoms with Crippen LogP contribution in [0, 0.1) is 5.92 Å². The summed E-state index contributed by atoms with van der Waals surface area (Å²) >= 11 is 0. The first-order valence-corrected chi connectivity index (χ1v) is 8.04. The predicted octanol–water partition coefficient (Wildman–Crippen LogP) is 2.84. The first kappa shape index (κ1) is 15.6. The molecule has 0 saturated heterocycles. The second kappa shape index (κ2) is 6.87. The quantitative estimate of drug-likeness (QED) is 0.878. The maximum Gasteiger partial charge on any atom is 0.312 e. The van der Waals surface area contributed by atoms with Gasteiger partial charge in [-0.05, 0) is 50.0 Å². The summed E-state index contributed by atoms with van der Waals surface area (Å²) < 4.78 is 5.14. The molecule has 120 valence electrons. The first-order chi connectivity index (χ1) is 11.2. The van der Waals surface area contributed by atoms with Gasteiger partial charge in [-0.25, -0.2) is 4.98 Å². The number of carbonyl (C=O) groups excluding carboxylic acids is 1. The number of pyridine rings is 2. The van der Waals surface area contributed by atoms with Gasteiger partial charge in [-0.2, -0.15) is 0 Å². The Morgan fingerprint density at radius 1 is 1.43 bits per heavy atom. The molecule has 0 aliphatic heterocycles. The summed E-state index contributed by atoms with van der Waals surface area (Å²) in [6.45, 7) is 2.65. The lowest BCUT2D eigenvalue weighted by molar-refractivity contribution is -0.146. The zero-order valence-electron chi connectivity index (χ0n) is 13.3. The van der Waals surface area contributed by atoms with Crippen molar-refractivity contribution >= 4 is 22.4 Å². The molecule has 5 nitrogen and oxygen atoms in total. The molecule has 1 atom stereocenters. The van der Waals surface area contributed by atoms with Gasteiger partial charge < -0.3 is 10.5 Å². The van der Waals surface area contributed by atoms with E-state index >= 15 is 0 Å². The third-order valence-corrected chi connectivity index (χ3v) is 4.12. The fourth-order valence-corrected chi connectivity index (χ4v) is 2.92. The van der Waals surface area contributed by atoms with Gasteiger partial charge in [0, 0.05) is 18.1 Å². The fraction of sp³-hybridized carbons (Fsp3) is 0.389. The number of allylic oxidation sites excluding steroid dienone is 1. The second-order valence-electron chi connectivity index (χ2n) is 5.71. The molecule has 0 amide bonds. The van der Waals surface area contributed by atoms with Crippen LogP contribution in [0.2, 0.25) is 0 Å². The van der Waals surface area contributed by atoms with E-state index in [2.05, 4.69) is 4.98 Å². The normalized spacial score (nSPS) is 17.8. The summed E-state index contributed by atoms with van der Waals surface area (Å²) in [5.41, 5.74) is 9.39. The lowest BCUT2D eigenvalue weighted by Gasteiger charge is -2.19. The van der Waals surface area contributed by atoms with Crippen molar-refractivity contribution in [1.82, 2.24) is 9.97 Å². The molecular weight excluding hydrogens is 290 g/mol. The van der Waals surface area contributed by atoms with Crippen molar-refractivity contribution in [2.24, 2.45) is 11.7 Å². The molecule has 1 unspecified atom stereocenters. The highest BCUT2D eigenvalue weighted by molar-refractivity contribution is 5.82. The van der Waals surface area contributed by atoms with E-state index in [1.807, 2.05) is 31.2 Å². The van der Waals surface area contributed by atoms with Crippen molar-refractivity contribution in [2.75, 3.05) is 6.61 Å². The third kappa shape index (κ3) is 3.40. The van der Waals surface area contributed by atoms with E-state index in [4.69, 9.17) is 15.5 Å². The van der Waals surface area contributed by atoms with Gasteiger partial charge >= 0.3 is 5.97 Å². The molecule has 0 fully saturated rings. The Morgan fingerprint density at radius 3 is 3.09 bits per heavy atom. The van der Waals surface area contributed by atoms with Crippen molar-refractivity contribution in [2.45, 2.75) is 32.7 Å². The number of carbonyl (C=O) groups is 1. The minimum absolute atomic E-state index is 0.139. The molecule has 5 heteroatoms. The first-order valence-electron chi connectivity index (χ1n) is 8.04. The van der Waals surface area contributed by atoms with Crippen molar-refractivity contribution < 1.29 is 9.53 Å². The molecule has 1 aliphatic carbocycles. The van der Waals surface area contributed by atoms with Crippen molar-refractivity contribution in [3.8, 4) is 0 Å². The van der Waals surface area contributed by atoms with Crippen LogP contribution in [-0.4, -0.2) is 22.5 Å². The summed E-state index contributed by atoms with van der Waals surface area (Å²) in [7, 11) is 0. The van der Waals surface area contributed by atoms with Crippen LogP contribution in [0.4, 0.5) is 0 Å². The monoisotopic (exact) mass is 311 g/mol. The Morgan fingerprint density at radius 2 is 2.30 bits per heavy atom. The van der Waals surface area contributed by atoms with E-state index in [9.17, 15) is 4.79 Å². The molecule has 1 aliphatic rings. The number of nitrogens with two attached hydrogens (primary N) is 1. The Hall–Kier alpha value is -2.27. The molecular formula is C18H21N3O2. The van der Waals surface area contributed by atoms with Gasteiger partial charge in [0.2, 0.25) is 0 Å². The molecule has 2 N–H and O–H groups in total. The standard InChI is InChI=1S/C18H21N3O2/c1-2-23-18(22)13-5-3-4-12(8-13)16-7-6-14-11-20-15(10-19)9-17(14)21-16/h6-9,11,13H,2-5,10,19H2,1H3. The lowest BCUT2D eigenvalue weighted by atomic mass is 9.89. The molecule has 3 rings (SSSR count). The highest BCUT2D eigenvalue weighted by atomic mass is 16.5. The number of hydrogen-bond donors (Lipinski definition) is 1. The average molecular weight is 311 g/mol. The van der Waals surface area contributed by atoms with Gasteiger partial charge in [-0.3, -0.25) is 9.78 Å². The van der Waals surface area contributed by atoms with E-state index in [0.29, 0.717) is 13.2 Å². The van der Waals surface area contributed by atoms with Gasteiger partial charge in [0.1, 0.15) is 0 Å². The van der Waals surface area contributed by atoms with Gasteiger partial charge in [-0.15, -0.1) is 0 Å². The topological polar surface area (TPSA) is 78.1 Å². The van der Waals surface area contributed by atoms with Crippen molar-refractivity contribution in [3.63, 3.8) is 0 Å². The largest absolute Gasteiger partial charge is 0.466 e. The number of rotatable bonds is 4. The Kier molecular flexibility index (Phi) is 4.67. The van der Waals surface area contributed by atoms with Crippen molar-refractivity contribution in [1.29, 1.82) is 0 Å². The van der Waals surface area contributed by atoms with Crippen LogP contribution in [0.25, 0.3) is 16.5 Å². The van der Waals surface area contributed by atoms with Crippen LogP contribution in [0.3, 0.4) is 0 Å². The number of ether oxygens (including phenoxy) is 1. The van der Waals surface area contributed by atoms with Crippen molar-refractivity contribution in [3.05, 3.63) is 41.9 Å². The number of fused-ring (bicyclic) bond motifs is 1. The van der Waals surface area contributed by atoms with E-state index < -0.39 is 0 Å². The number of nitrogens with zero attached hydrogens (tertiary/aromatic N) is 2. The number of hydrogen-bond acceptors (Lipinski definition) is 5. The third-order valence-electron chi connectivity index (χ3n) is 4.12. The number of esters is 1. The molecule has 23 heavy (non-hydrogen) atoms. The fourth-order valence-electron chi connectivity index (χ4n) is 2.92. The minimum Gasteiger partial charge on any atom is -0.466 e. The van der Waals surface area contributed by atoms with Crippen LogP contribution in [0.1, 0.15) is 37.6 Å². The zero-order valence-corrected chi connectivity index (χ0v) is 13.3. The highest BCUT2D eigenvalue weighted by Gasteiger charge is 2.22. The summed E-state index contributed by atoms with van der Waals surface area (Å²) in [5.74, 6) is -0.298. The van der Waals surface area contributed by atoms with Gasteiger partial charge in [0.25, 0.3) is 0 Å². The van der Waals surface area contributed by atoms with Crippen LogP contribution < -0.4 is 5.73 Å². The maximum atomic E-state index is 12.0. The highest BCUT2D eigenvalue weighted by Crippen LogP contribution is 2.30. The Bertz CT molecular complexity index is 755. The summed E-state index contributed by atoms with van der Waals surface area (Å²) in [6.07, 6.45) is 6.56. The minimum atomic E-state index is -0.159. The summed E-state index contributed by atoms with van der Waals surface area (Å²) in [6, 6.07) is 5.93. The Balaban J connectivity index is 1.93. The van der Waals surface area contributed by atoms with Crippen LogP contribution in [0.15, 0.2) is 30.5 Å². The van der Waals surface area contributed by atoms with E-state index in [-0.39, 0.29) is 11.9 Å². The smallest absolute Gasteiger partial charge is 0.312 e. The molecule has 2 heterocycles. The summed E-state index contributed by atoms with van der Waals surface area (Å²) in [5, 5.41) is 0.990. The Labute approximate surface area is 135 Å². The molecule has 0 saturated carbocycles. The average Bonchev–Trinajstić information content (AvgIpc) is 2.61.